The van der Waals surface area contributed by atoms with E-state index < -0.39 is 5.91 Å². The van der Waals surface area contributed by atoms with Gasteiger partial charge in [0.25, 0.3) is 0 Å². The van der Waals surface area contributed by atoms with Crippen LogP contribution in [0.4, 0.5) is 0 Å². The molecule has 2 aromatic rings. The third kappa shape index (κ3) is 3.78. The molecule has 1 aliphatic rings. The van der Waals surface area contributed by atoms with Gasteiger partial charge in [0.05, 0.1) is 12.7 Å². The first kappa shape index (κ1) is 15.7. The summed E-state index contributed by atoms with van der Waals surface area (Å²) < 4.78 is 6.16. The van der Waals surface area contributed by atoms with Crippen molar-refractivity contribution in [3.05, 3.63) is 71.3 Å². The SMILES string of the molecule is NC(=O)c1ccccc1COC1CNCCC1c1ccccc1. The Morgan fingerprint density at radius 2 is 1.87 bits per heavy atom. The molecule has 2 unspecified atom stereocenters. The maximum absolute atomic E-state index is 11.5. The fourth-order valence-electron chi connectivity index (χ4n) is 3.17. The molecule has 23 heavy (non-hydrogen) atoms. The summed E-state index contributed by atoms with van der Waals surface area (Å²) in [4.78, 5) is 11.5. The van der Waals surface area contributed by atoms with E-state index in [-0.39, 0.29) is 6.10 Å². The number of nitrogens with two attached hydrogens (primary N) is 1. The second kappa shape index (κ2) is 7.40. The summed E-state index contributed by atoms with van der Waals surface area (Å²) in [5, 5.41) is 3.39. The van der Waals surface area contributed by atoms with Gasteiger partial charge >= 0.3 is 0 Å². The standard InChI is InChI=1S/C19H22N2O2/c20-19(22)17-9-5-4-8-15(17)13-23-18-12-21-11-10-16(18)14-6-2-1-3-7-14/h1-9,16,18,21H,10-13H2,(H2,20,22). The smallest absolute Gasteiger partial charge is 0.249 e. The van der Waals surface area contributed by atoms with E-state index in [1.165, 1.54) is 5.56 Å². The quantitative estimate of drug-likeness (QED) is 0.891. The topological polar surface area (TPSA) is 64.4 Å². The van der Waals surface area contributed by atoms with Gasteiger partial charge in [-0.15, -0.1) is 0 Å². The summed E-state index contributed by atoms with van der Waals surface area (Å²) in [5.74, 6) is -0.0382. The van der Waals surface area contributed by atoms with Gasteiger partial charge in [-0.05, 0) is 30.2 Å². The number of hydrogen-bond donors (Lipinski definition) is 2. The Kier molecular flexibility index (Phi) is 5.05. The number of amides is 1. The van der Waals surface area contributed by atoms with Crippen LogP contribution in [0, 0.1) is 0 Å². The van der Waals surface area contributed by atoms with E-state index in [1.807, 2.05) is 24.3 Å². The predicted octanol–water partition coefficient (Wildman–Crippen LogP) is 2.45. The fraction of sp³-hybridized carbons (Fsp3) is 0.316. The molecule has 0 spiro atoms. The molecule has 0 bridgehead atoms. The van der Waals surface area contributed by atoms with Crippen molar-refractivity contribution in [2.45, 2.75) is 25.0 Å². The lowest BCUT2D eigenvalue weighted by atomic mass is 9.88. The highest BCUT2D eigenvalue weighted by atomic mass is 16.5. The second-order valence-corrected chi connectivity index (χ2v) is 5.88. The van der Waals surface area contributed by atoms with Gasteiger partial charge in [0, 0.05) is 18.0 Å². The number of carbonyl (C=O) groups is 1. The molecule has 0 aromatic heterocycles. The summed E-state index contributed by atoms with van der Waals surface area (Å²) >= 11 is 0. The molecular formula is C19H22N2O2. The van der Waals surface area contributed by atoms with E-state index in [9.17, 15) is 4.79 Å². The number of hydrogen-bond acceptors (Lipinski definition) is 3. The summed E-state index contributed by atoms with van der Waals surface area (Å²) in [6, 6.07) is 17.8. The molecule has 2 atom stereocenters. The van der Waals surface area contributed by atoms with Gasteiger partial charge in [-0.2, -0.15) is 0 Å². The first-order chi connectivity index (χ1) is 11.3. The van der Waals surface area contributed by atoms with E-state index >= 15 is 0 Å². The first-order valence-electron chi connectivity index (χ1n) is 8.00. The van der Waals surface area contributed by atoms with E-state index in [4.69, 9.17) is 10.5 Å². The molecule has 120 valence electrons. The van der Waals surface area contributed by atoms with Gasteiger partial charge in [-0.1, -0.05) is 48.5 Å². The van der Waals surface area contributed by atoms with Gasteiger partial charge in [0.2, 0.25) is 5.91 Å². The summed E-state index contributed by atoms with van der Waals surface area (Å²) in [6.45, 7) is 2.21. The average Bonchev–Trinajstić information content (AvgIpc) is 2.61. The van der Waals surface area contributed by atoms with Crippen LogP contribution in [-0.2, 0) is 11.3 Å². The lowest BCUT2D eigenvalue weighted by molar-refractivity contribution is 0.0103. The number of piperidine rings is 1. The molecule has 0 aliphatic carbocycles. The number of primary amides is 1. The van der Waals surface area contributed by atoms with Crippen LogP contribution in [0.3, 0.4) is 0 Å². The summed E-state index contributed by atoms with van der Waals surface area (Å²) in [5.41, 5.74) is 8.12. The molecule has 2 aromatic carbocycles. The summed E-state index contributed by atoms with van der Waals surface area (Å²) in [7, 11) is 0. The Balaban J connectivity index is 1.72. The zero-order chi connectivity index (χ0) is 16.1. The third-order valence-electron chi connectivity index (χ3n) is 4.39. The Bertz CT molecular complexity index is 657. The van der Waals surface area contributed by atoms with Crippen LogP contribution in [0.1, 0.15) is 33.8 Å². The van der Waals surface area contributed by atoms with E-state index in [1.54, 1.807) is 6.07 Å². The minimum atomic E-state index is -0.412. The maximum atomic E-state index is 11.5. The van der Waals surface area contributed by atoms with Crippen molar-refractivity contribution in [1.82, 2.24) is 5.32 Å². The van der Waals surface area contributed by atoms with Gasteiger partial charge in [-0.3, -0.25) is 4.79 Å². The Morgan fingerprint density at radius 3 is 2.65 bits per heavy atom. The van der Waals surface area contributed by atoms with Crippen LogP contribution >= 0.6 is 0 Å². The highest BCUT2D eigenvalue weighted by Crippen LogP contribution is 2.28. The van der Waals surface area contributed by atoms with Crippen molar-refractivity contribution in [2.75, 3.05) is 13.1 Å². The zero-order valence-corrected chi connectivity index (χ0v) is 13.1. The van der Waals surface area contributed by atoms with Crippen molar-refractivity contribution in [3.8, 4) is 0 Å². The fourth-order valence-corrected chi connectivity index (χ4v) is 3.17. The normalized spacial score (nSPS) is 21.0. The molecule has 1 aliphatic heterocycles. The lowest BCUT2D eigenvalue weighted by Crippen LogP contribution is -2.41. The highest BCUT2D eigenvalue weighted by Gasteiger charge is 2.27. The van der Waals surface area contributed by atoms with Crippen LogP contribution in [-0.4, -0.2) is 25.1 Å². The van der Waals surface area contributed by atoms with Crippen molar-refractivity contribution < 1.29 is 9.53 Å². The van der Waals surface area contributed by atoms with Crippen molar-refractivity contribution >= 4 is 5.91 Å². The molecule has 3 N–H and O–H groups in total. The van der Waals surface area contributed by atoms with Crippen LogP contribution in [0.25, 0.3) is 0 Å². The Labute approximate surface area is 136 Å². The molecule has 1 fully saturated rings. The predicted molar refractivity (Wildman–Crippen MR) is 90.2 cm³/mol. The number of carbonyl (C=O) groups excluding carboxylic acids is 1. The van der Waals surface area contributed by atoms with Crippen LogP contribution in [0.5, 0.6) is 0 Å². The molecule has 4 nitrogen and oxygen atoms in total. The molecule has 3 rings (SSSR count). The van der Waals surface area contributed by atoms with E-state index in [0.717, 1.165) is 25.1 Å². The number of benzene rings is 2. The number of nitrogens with one attached hydrogen (secondary N) is 1. The molecule has 1 saturated heterocycles. The molecule has 1 heterocycles. The first-order valence-corrected chi connectivity index (χ1v) is 8.00. The Morgan fingerprint density at radius 1 is 1.13 bits per heavy atom. The molecular weight excluding hydrogens is 288 g/mol. The van der Waals surface area contributed by atoms with Gasteiger partial charge in [0.15, 0.2) is 0 Å². The lowest BCUT2D eigenvalue weighted by Gasteiger charge is -2.32. The Hall–Kier alpha value is -2.17. The van der Waals surface area contributed by atoms with E-state index in [0.29, 0.717) is 18.1 Å². The minimum Gasteiger partial charge on any atom is -0.372 e. The highest BCUT2D eigenvalue weighted by molar-refractivity contribution is 5.94. The monoisotopic (exact) mass is 310 g/mol. The van der Waals surface area contributed by atoms with Crippen LogP contribution in [0.15, 0.2) is 54.6 Å². The average molecular weight is 310 g/mol. The summed E-state index contributed by atoms with van der Waals surface area (Å²) in [6.07, 6.45) is 1.14. The molecule has 1 amide bonds. The zero-order valence-electron chi connectivity index (χ0n) is 13.1. The third-order valence-corrected chi connectivity index (χ3v) is 4.39. The van der Waals surface area contributed by atoms with Crippen molar-refractivity contribution in [3.63, 3.8) is 0 Å². The van der Waals surface area contributed by atoms with E-state index in [2.05, 4.69) is 29.6 Å². The molecule has 4 heteroatoms. The van der Waals surface area contributed by atoms with Crippen molar-refractivity contribution in [1.29, 1.82) is 0 Å². The number of ether oxygens (including phenoxy) is 1. The van der Waals surface area contributed by atoms with Crippen molar-refractivity contribution in [2.24, 2.45) is 5.73 Å². The van der Waals surface area contributed by atoms with Crippen LogP contribution < -0.4 is 11.1 Å². The van der Waals surface area contributed by atoms with Gasteiger partial charge in [0.1, 0.15) is 0 Å². The molecule has 0 radical (unpaired) electrons. The number of rotatable bonds is 5. The molecule has 0 saturated carbocycles. The maximum Gasteiger partial charge on any atom is 0.249 e. The minimum absolute atomic E-state index is 0.0899. The largest absolute Gasteiger partial charge is 0.372 e. The van der Waals surface area contributed by atoms with Crippen LogP contribution in [0.2, 0.25) is 0 Å². The van der Waals surface area contributed by atoms with Gasteiger partial charge in [-0.25, -0.2) is 0 Å². The van der Waals surface area contributed by atoms with Gasteiger partial charge < -0.3 is 15.8 Å². The second-order valence-electron chi connectivity index (χ2n) is 5.88.